The van der Waals surface area contributed by atoms with E-state index in [1.807, 2.05) is 6.21 Å². The fraction of sp³-hybridized carbons (Fsp3) is 0.625. The maximum absolute atomic E-state index is 4.30. The number of rotatable bonds is 0. The molecular weight excluding hydrogens is 138 g/mol. The lowest BCUT2D eigenvalue weighted by Gasteiger charge is -2.34. The molecule has 1 fully saturated rings. The van der Waals surface area contributed by atoms with Crippen molar-refractivity contribution in [3.05, 3.63) is 11.8 Å². The Balaban J connectivity index is 2.11. The quantitative estimate of drug-likeness (QED) is 0.502. The van der Waals surface area contributed by atoms with Crippen LogP contribution in [0.15, 0.2) is 16.9 Å². The highest BCUT2D eigenvalue weighted by molar-refractivity contribution is 5.60. The van der Waals surface area contributed by atoms with Gasteiger partial charge in [-0.15, -0.1) is 0 Å². The lowest BCUT2D eigenvalue weighted by molar-refractivity contribution is 0.206. The van der Waals surface area contributed by atoms with Crippen LogP contribution in [0, 0.1) is 0 Å². The van der Waals surface area contributed by atoms with Gasteiger partial charge < -0.3 is 0 Å². The second-order valence-corrected chi connectivity index (χ2v) is 3.09. The normalized spacial score (nSPS) is 24.8. The number of piperazine rings is 1. The molecule has 1 saturated heterocycles. The van der Waals surface area contributed by atoms with Gasteiger partial charge in [-0.25, -0.2) is 0 Å². The van der Waals surface area contributed by atoms with Crippen molar-refractivity contribution in [3.8, 4) is 0 Å². The van der Waals surface area contributed by atoms with Crippen molar-refractivity contribution < 1.29 is 0 Å². The highest BCUT2D eigenvalue weighted by Gasteiger charge is 2.18. The summed E-state index contributed by atoms with van der Waals surface area (Å²) >= 11 is 0. The maximum Gasteiger partial charge on any atom is 0.0540 e. The van der Waals surface area contributed by atoms with E-state index in [0.29, 0.717) is 0 Å². The summed E-state index contributed by atoms with van der Waals surface area (Å²) in [6.07, 6.45) is 5.22. The maximum atomic E-state index is 4.30. The fourth-order valence-electron chi connectivity index (χ4n) is 1.48. The molecule has 0 aromatic heterocycles. The molecule has 2 rings (SSSR count). The Morgan fingerprint density at radius 3 is 3.27 bits per heavy atom. The minimum absolute atomic E-state index is 1.000. The molecule has 0 aromatic rings. The summed E-state index contributed by atoms with van der Waals surface area (Å²) < 4.78 is 0. The van der Waals surface area contributed by atoms with E-state index in [2.05, 4.69) is 28.1 Å². The van der Waals surface area contributed by atoms with Gasteiger partial charge in [0.15, 0.2) is 0 Å². The smallest absolute Gasteiger partial charge is 0.0540 e. The second-order valence-electron chi connectivity index (χ2n) is 3.09. The van der Waals surface area contributed by atoms with Gasteiger partial charge in [0.1, 0.15) is 0 Å². The Morgan fingerprint density at radius 2 is 2.36 bits per heavy atom. The molecule has 0 spiro atoms. The van der Waals surface area contributed by atoms with Crippen LogP contribution in [0.3, 0.4) is 0 Å². The van der Waals surface area contributed by atoms with E-state index < -0.39 is 0 Å². The van der Waals surface area contributed by atoms with Crippen molar-refractivity contribution in [2.75, 3.05) is 26.7 Å². The molecular formula is C8H13N3. The van der Waals surface area contributed by atoms with E-state index in [1.54, 1.807) is 0 Å². The van der Waals surface area contributed by atoms with E-state index >= 15 is 0 Å². The lowest BCUT2D eigenvalue weighted by atomic mass is 10.2. The molecule has 11 heavy (non-hydrogen) atoms. The summed E-state index contributed by atoms with van der Waals surface area (Å²) in [6.45, 7) is 3.21. The van der Waals surface area contributed by atoms with Crippen molar-refractivity contribution in [1.82, 2.24) is 9.91 Å². The van der Waals surface area contributed by atoms with Gasteiger partial charge >= 0.3 is 0 Å². The van der Waals surface area contributed by atoms with Gasteiger partial charge in [-0.2, -0.15) is 5.10 Å². The molecule has 3 nitrogen and oxygen atoms in total. The molecule has 0 N–H and O–H groups in total. The topological polar surface area (TPSA) is 18.8 Å². The predicted molar refractivity (Wildman–Crippen MR) is 45.4 cm³/mol. The monoisotopic (exact) mass is 151 g/mol. The molecule has 0 radical (unpaired) electrons. The number of hydrogen-bond donors (Lipinski definition) is 0. The molecule has 0 bridgehead atoms. The zero-order valence-electron chi connectivity index (χ0n) is 6.82. The molecule has 2 aliphatic heterocycles. The SMILES string of the molecule is CN1CCN2N=CCC=C2C1. The van der Waals surface area contributed by atoms with Gasteiger partial charge in [0.2, 0.25) is 0 Å². The van der Waals surface area contributed by atoms with Crippen molar-refractivity contribution in [1.29, 1.82) is 0 Å². The first kappa shape index (κ1) is 6.85. The van der Waals surface area contributed by atoms with Gasteiger partial charge in [-0.05, 0) is 7.05 Å². The van der Waals surface area contributed by atoms with Crippen LogP contribution in [0.5, 0.6) is 0 Å². The highest BCUT2D eigenvalue weighted by Crippen LogP contribution is 2.15. The van der Waals surface area contributed by atoms with E-state index in [4.69, 9.17) is 0 Å². The minimum Gasteiger partial charge on any atom is -0.299 e. The van der Waals surface area contributed by atoms with Gasteiger partial charge in [-0.1, -0.05) is 6.08 Å². The standard InChI is InChI=1S/C8H13N3/c1-10-5-6-11-8(7-10)3-2-4-9-11/h3-4H,2,5-7H2,1H3. The third kappa shape index (κ3) is 1.28. The van der Waals surface area contributed by atoms with Crippen LogP contribution >= 0.6 is 0 Å². The molecule has 3 heteroatoms. The van der Waals surface area contributed by atoms with E-state index in [0.717, 1.165) is 26.1 Å². The van der Waals surface area contributed by atoms with Crippen LogP contribution in [0.25, 0.3) is 0 Å². The number of likely N-dealkylation sites (N-methyl/N-ethyl adjacent to an activating group) is 1. The Bertz CT molecular complexity index is 207. The van der Waals surface area contributed by atoms with Crippen molar-refractivity contribution in [2.45, 2.75) is 6.42 Å². The average Bonchev–Trinajstić information content (AvgIpc) is 2.04. The molecule has 60 valence electrons. The number of hydrazone groups is 1. The molecule has 0 amide bonds. The first-order valence-corrected chi connectivity index (χ1v) is 4.04. The van der Waals surface area contributed by atoms with Crippen LogP contribution in [0.2, 0.25) is 0 Å². The second kappa shape index (κ2) is 2.66. The first-order chi connectivity index (χ1) is 5.36. The largest absolute Gasteiger partial charge is 0.299 e. The Kier molecular flexibility index (Phi) is 1.66. The van der Waals surface area contributed by atoms with Crippen LogP contribution in [-0.2, 0) is 0 Å². The summed E-state index contributed by atoms with van der Waals surface area (Å²) in [4.78, 5) is 2.32. The molecule has 0 aliphatic carbocycles. The third-order valence-corrected chi connectivity index (χ3v) is 2.14. The number of fused-ring (bicyclic) bond motifs is 1. The third-order valence-electron chi connectivity index (χ3n) is 2.14. The Labute approximate surface area is 67.0 Å². The van der Waals surface area contributed by atoms with E-state index in [1.165, 1.54) is 5.70 Å². The minimum atomic E-state index is 1.000. The summed E-state index contributed by atoms with van der Waals surface area (Å²) in [5, 5.41) is 6.40. The fourth-order valence-corrected chi connectivity index (χ4v) is 1.48. The lowest BCUT2D eigenvalue weighted by Crippen LogP contribution is -2.41. The van der Waals surface area contributed by atoms with Crippen LogP contribution in [0.1, 0.15) is 6.42 Å². The molecule has 0 atom stereocenters. The average molecular weight is 151 g/mol. The predicted octanol–water partition coefficient (Wildman–Crippen LogP) is 0.507. The zero-order valence-corrected chi connectivity index (χ0v) is 6.82. The van der Waals surface area contributed by atoms with Crippen molar-refractivity contribution in [2.24, 2.45) is 5.10 Å². The molecule has 0 saturated carbocycles. The van der Waals surface area contributed by atoms with Gasteiger partial charge in [0.05, 0.1) is 6.54 Å². The van der Waals surface area contributed by atoms with E-state index in [-0.39, 0.29) is 0 Å². The Hall–Kier alpha value is -0.830. The highest BCUT2D eigenvalue weighted by atomic mass is 15.5. The van der Waals surface area contributed by atoms with E-state index in [9.17, 15) is 0 Å². The zero-order chi connectivity index (χ0) is 7.68. The van der Waals surface area contributed by atoms with Crippen LogP contribution in [0.4, 0.5) is 0 Å². The van der Waals surface area contributed by atoms with Gasteiger partial charge in [0.25, 0.3) is 0 Å². The molecule has 2 heterocycles. The number of allylic oxidation sites excluding steroid dienone is 1. The summed E-state index contributed by atoms with van der Waals surface area (Å²) in [5.41, 5.74) is 1.36. The van der Waals surface area contributed by atoms with Crippen LogP contribution < -0.4 is 0 Å². The van der Waals surface area contributed by atoms with Crippen LogP contribution in [-0.4, -0.2) is 42.8 Å². The van der Waals surface area contributed by atoms with Gasteiger partial charge in [0, 0.05) is 31.4 Å². The van der Waals surface area contributed by atoms with Crippen molar-refractivity contribution in [3.63, 3.8) is 0 Å². The van der Waals surface area contributed by atoms with Crippen molar-refractivity contribution >= 4 is 6.21 Å². The number of nitrogens with zero attached hydrogens (tertiary/aromatic N) is 3. The summed E-state index contributed by atoms with van der Waals surface area (Å²) in [7, 11) is 2.15. The molecule has 2 aliphatic rings. The van der Waals surface area contributed by atoms with Gasteiger partial charge in [-0.3, -0.25) is 9.91 Å². The Morgan fingerprint density at radius 1 is 1.45 bits per heavy atom. The molecule has 0 aromatic carbocycles. The summed E-state index contributed by atoms with van der Waals surface area (Å²) in [6, 6.07) is 0. The summed E-state index contributed by atoms with van der Waals surface area (Å²) in [5.74, 6) is 0. The first-order valence-electron chi connectivity index (χ1n) is 4.04. The molecule has 0 unspecified atom stereocenters. The number of hydrogen-bond acceptors (Lipinski definition) is 3.